The molecular weight excluding hydrogens is 278 g/mol. The lowest BCUT2D eigenvalue weighted by Crippen LogP contribution is -2.31. The number of hydrogen-bond donors (Lipinski definition) is 2. The van der Waals surface area contributed by atoms with Crippen LogP contribution in [0.2, 0.25) is 5.02 Å². The SMILES string of the molecule is Cc1cc(NC(=O)[C@H](C)Nc2ccc(C)c(Cl)c2)on1. The van der Waals surface area contributed by atoms with Crippen LogP contribution in [-0.4, -0.2) is 17.1 Å². The largest absolute Gasteiger partial charge is 0.374 e. The summed E-state index contributed by atoms with van der Waals surface area (Å²) in [4.78, 5) is 12.0. The maximum atomic E-state index is 12.0. The number of anilines is 2. The van der Waals surface area contributed by atoms with Gasteiger partial charge in [-0.3, -0.25) is 10.1 Å². The first-order chi connectivity index (χ1) is 9.45. The molecule has 0 fully saturated rings. The number of carbonyl (C=O) groups is 1. The minimum Gasteiger partial charge on any atom is -0.374 e. The van der Waals surface area contributed by atoms with Gasteiger partial charge in [0, 0.05) is 16.8 Å². The molecule has 0 radical (unpaired) electrons. The molecule has 0 saturated carbocycles. The monoisotopic (exact) mass is 293 g/mol. The summed E-state index contributed by atoms with van der Waals surface area (Å²) in [6.45, 7) is 5.47. The molecule has 0 unspecified atom stereocenters. The van der Waals surface area contributed by atoms with E-state index < -0.39 is 6.04 Å². The first-order valence-electron chi connectivity index (χ1n) is 6.22. The highest BCUT2D eigenvalue weighted by Crippen LogP contribution is 2.20. The van der Waals surface area contributed by atoms with Crippen molar-refractivity contribution in [2.45, 2.75) is 26.8 Å². The van der Waals surface area contributed by atoms with Crippen molar-refractivity contribution in [3.05, 3.63) is 40.5 Å². The van der Waals surface area contributed by atoms with E-state index in [2.05, 4.69) is 15.8 Å². The number of nitrogens with one attached hydrogen (secondary N) is 2. The molecule has 1 atom stereocenters. The van der Waals surface area contributed by atoms with Crippen LogP contribution < -0.4 is 10.6 Å². The average molecular weight is 294 g/mol. The number of amides is 1. The van der Waals surface area contributed by atoms with Crippen LogP contribution in [0, 0.1) is 13.8 Å². The predicted molar refractivity (Wildman–Crippen MR) is 79.1 cm³/mol. The van der Waals surface area contributed by atoms with Crippen molar-refractivity contribution >= 4 is 29.1 Å². The molecule has 2 rings (SSSR count). The van der Waals surface area contributed by atoms with Gasteiger partial charge in [0.2, 0.25) is 11.8 Å². The Balaban J connectivity index is 1.98. The van der Waals surface area contributed by atoms with E-state index in [4.69, 9.17) is 16.1 Å². The summed E-state index contributed by atoms with van der Waals surface area (Å²) < 4.78 is 4.94. The minimum absolute atomic E-state index is 0.210. The number of nitrogens with zero attached hydrogens (tertiary/aromatic N) is 1. The Morgan fingerprint density at radius 1 is 1.35 bits per heavy atom. The zero-order valence-corrected chi connectivity index (χ0v) is 12.3. The molecule has 2 N–H and O–H groups in total. The minimum atomic E-state index is -0.431. The van der Waals surface area contributed by atoms with Crippen LogP contribution in [0.15, 0.2) is 28.8 Å². The van der Waals surface area contributed by atoms with Crippen LogP contribution in [0.3, 0.4) is 0 Å². The Bertz CT molecular complexity index is 625. The van der Waals surface area contributed by atoms with Gasteiger partial charge in [-0.15, -0.1) is 0 Å². The van der Waals surface area contributed by atoms with Gasteiger partial charge >= 0.3 is 0 Å². The van der Waals surface area contributed by atoms with Gasteiger partial charge < -0.3 is 9.84 Å². The zero-order chi connectivity index (χ0) is 14.7. The second kappa shape index (κ2) is 5.96. The van der Waals surface area contributed by atoms with Crippen LogP contribution in [0.5, 0.6) is 0 Å². The van der Waals surface area contributed by atoms with Crippen molar-refractivity contribution in [1.82, 2.24) is 5.16 Å². The van der Waals surface area contributed by atoms with Crippen LogP contribution in [0.4, 0.5) is 11.6 Å². The van der Waals surface area contributed by atoms with Gasteiger partial charge in [-0.1, -0.05) is 22.8 Å². The molecule has 2 aromatic rings. The average Bonchev–Trinajstić information content (AvgIpc) is 2.79. The molecule has 1 heterocycles. The van der Waals surface area contributed by atoms with Crippen molar-refractivity contribution in [2.24, 2.45) is 0 Å². The molecule has 0 aliphatic rings. The molecule has 1 aromatic carbocycles. The van der Waals surface area contributed by atoms with E-state index in [1.165, 1.54) is 0 Å². The molecule has 0 saturated heterocycles. The number of aryl methyl sites for hydroxylation is 2. The van der Waals surface area contributed by atoms with Gasteiger partial charge in [0.1, 0.15) is 6.04 Å². The van der Waals surface area contributed by atoms with Crippen LogP contribution in [-0.2, 0) is 4.79 Å². The normalized spacial score (nSPS) is 12.0. The van der Waals surface area contributed by atoms with Gasteiger partial charge in [0.15, 0.2) is 0 Å². The summed E-state index contributed by atoms with van der Waals surface area (Å²) in [6, 6.07) is 6.80. The Kier molecular flexibility index (Phi) is 4.29. The fraction of sp³-hybridized carbons (Fsp3) is 0.286. The van der Waals surface area contributed by atoms with E-state index in [0.717, 1.165) is 11.3 Å². The smallest absolute Gasteiger partial charge is 0.248 e. The summed E-state index contributed by atoms with van der Waals surface area (Å²) in [5.74, 6) is 0.126. The first-order valence-corrected chi connectivity index (χ1v) is 6.60. The van der Waals surface area contributed by atoms with Crippen LogP contribution in [0.25, 0.3) is 0 Å². The second-order valence-corrected chi connectivity index (χ2v) is 5.06. The third-order valence-corrected chi connectivity index (χ3v) is 3.23. The Hall–Kier alpha value is -2.01. The summed E-state index contributed by atoms with van der Waals surface area (Å²) in [6.07, 6.45) is 0. The molecule has 20 heavy (non-hydrogen) atoms. The summed E-state index contributed by atoms with van der Waals surface area (Å²) >= 11 is 6.05. The van der Waals surface area contributed by atoms with Gasteiger partial charge in [-0.25, -0.2) is 0 Å². The third kappa shape index (κ3) is 3.51. The molecule has 0 bridgehead atoms. The van der Waals surface area contributed by atoms with Gasteiger partial charge in [0.05, 0.1) is 5.69 Å². The molecule has 0 spiro atoms. The number of halogens is 1. The fourth-order valence-electron chi connectivity index (χ4n) is 1.65. The standard InChI is InChI=1S/C14H16ClN3O2/c1-8-4-5-11(7-12(8)15)16-10(3)14(19)17-13-6-9(2)18-20-13/h4-7,10,16H,1-3H3,(H,17,19)/t10-/m0/s1. The number of hydrogen-bond acceptors (Lipinski definition) is 4. The molecule has 0 aliphatic heterocycles. The lowest BCUT2D eigenvalue weighted by molar-refractivity contribution is -0.116. The maximum Gasteiger partial charge on any atom is 0.248 e. The molecule has 1 amide bonds. The van der Waals surface area contributed by atoms with Gasteiger partial charge in [0.25, 0.3) is 0 Å². The third-order valence-electron chi connectivity index (χ3n) is 2.82. The van der Waals surface area contributed by atoms with Crippen molar-refractivity contribution in [1.29, 1.82) is 0 Å². The predicted octanol–water partition coefficient (Wildman–Crippen LogP) is 3.38. The Labute approximate surface area is 122 Å². The van der Waals surface area contributed by atoms with E-state index in [1.54, 1.807) is 26.0 Å². The molecule has 6 heteroatoms. The van der Waals surface area contributed by atoms with Gasteiger partial charge in [-0.05, 0) is 38.5 Å². The van der Waals surface area contributed by atoms with Gasteiger partial charge in [-0.2, -0.15) is 0 Å². The lowest BCUT2D eigenvalue weighted by Gasteiger charge is -2.14. The van der Waals surface area contributed by atoms with Crippen LogP contribution in [0.1, 0.15) is 18.2 Å². The fourth-order valence-corrected chi connectivity index (χ4v) is 1.83. The second-order valence-electron chi connectivity index (χ2n) is 4.65. The summed E-state index contributed by atoms with van der Waals surface area (Å²) in [7, 11) is 0. The molecular formula is C14H16ClN3O2. The number of carbonyl (C=O) groups excluding carboxylic acids is 1. The zero-order valence-electron chi connectivity index (χ0n) is 11.5. The first kappa shape index (κ1) is 14.4. The van der Waals surface area contributed by atoms with Crippen molar-refractivity contribution in [3.8, 4) is 0 Å². The van der Waals surface area contributed by atoms with E-state index in [1.807, 2.05) is 19.1 Å². The number of aromatic nitrogens is 1. The molecule has 1 aromatic heterocycles. The highest BCUT2D eigenvalue weighted by molar-refractivity contribution is 6.31. The topological polar surface area (TPSA) is 67.2 Å². The van der Waals surface area contributed by atoms with Crippen LogP contribution >= 0.6 is 11.6 Å². The molecule has 0 aliphatic carbocycles. The van der Waals surface area contributed by atoms with E-state index >= 15 is 0 Å². The lowest BCUT2D eigenvalue weighted by atomic mass is 10.2. The van der Waals surface area contributed by atoms with E-state index in [0.29, 0.717) is 16.6 Å². The van der Waals surface area contributed by atoms with Crippen molar-refractivity contribution < 1.29 is 9.32 Å². The Morgan fingerprint density at radius 2 is 2.10 bits per heavy atom. The quantitative estimate of drug-likeness (QED) is 0.907. The van der Waals surface area contributed by atoms with Crippen molar-refractivity contribution in [3.63, 3.8) is 0 Å². The summed E-state index contributed by atoms with van der Waals surface area (Å²) in [5.41, 5.74) is 2.50. The highest BCUT2D eigenvalue weighted by Gasteiger charge is 2.15. The molecule has 5 nitrogen and oxygen atoms in total. The van der Waals surface area contributed by atoms with E-state index in [-0.39, 0.29) is 5.91 Å². The number of rotatable bonds is 4. The highest BCUT2D eigenvalue weighted by atomic mass is 35.5. The Morgan fingerprint density at radius 3 is 2.70 bits per heavy atom. The van der Waals surface area contributed by atoms with Crippen molar-refractivity contribution in [2.75, 3.05) is 10.6 Å². The van der Waals surface area contributed by atoms with E-state index in [9.17, 15) is 4.79 Å². The molecule has 106 valence electrons. The maximum absolute atomic E-state index is 12.0. The summed E-state index contributed by atoms with van der Waals surface area (Å²) in [5, 5.41) is 10.1. The number of benzene rings is 1.